The number of aliphatic hydroxyl groups excluding tert-OH is 1. The SMILES string of the molecule is COC(=O)Cc1cc(C(O)O)ccc1O. The number of aromatic hydroxyl groups is 1. The maximum Gasteiger partial charge on any atom is 0.310 e. The van der Waals surface area contributed by atoms with Crippen LogP contribution in [0.15, 0.2) is 18.2 Å². The summed E-state index contributed by atoms with van der Waals surface area (Å²) in [6.07, 6.45) is -1.73. The van der Waals surface area contributed by atoms with Crippen LogP contribution in [0.2, 0.25) is 0 Å². The third-order valence-corrected chi connectivity index (χ3v) is 1.96. The van der Waals surface area contributed by atoms with Gasteiger partial charge in [-0.15, -0.1) is 0 Å². The van der Waals surface area contributed by atoms with Crippen LogP contribution < -0.4 is 0 Å². The van der Waals surface area contributed by atoms with Gasteiger partial charge in [-0.05, 0) is 12.1 Å². The summed E-state index contributed by atoms with van der Waals surface area (Å²) < 4.78 is 4.43. The molecular formula is C10H12O5. The Bertz CT molecular complexity index is 359. The van der Waals surface area contributed by atoms with Crippen LogP contribution in [0.25, 0.3) is 0 Å². The van der Waals surface area contributed by atoms with E-state index in [0.717, 1.165) is 0 Å². The molecule has 0 aromatic heterocycles. The van der Waals surface area contributed by atoms with Crippen molar-refractivity contribution in [3.8, 4) is 5.75 Å². The van der Waals surface area contributed by atoms with Gasteiger partial charge in [-0.25, -0.2) is 0 Å². The molecule has 0 aliphatic rings. The summed E-state index contributed by atoms with van der Waals surface area (Å²) >= 11 is 0. The molecule has 0 unspecified atom stereocenters. The summed E-state index contributed by atoms with van der Waals surface area (Å²) in [5, 5.41) is 27.2. The maximum absolute atomic E-state index is 11.0. The zero-order valence-corrected chi connectivity index (χ0v) is 8.17. The number of hydrogen-bond acceptors (Lipinski definition) is 5. The second kappa shape index (κ2) is 4.77. The molecule has 0 spiro atoms. The minimum Gasteiger partial charge on any atom is -0.508 e. The van der Waals surface area contributed by atoms with Gasteiger partial charge in [-0.1, -0.05) is 6.07 Å². The number of benzene rings is 1. The monoisotopic (exact) mass is 212 g/mol. The van der Waals surface area contributed by atoms with E-state index in [1.54, 1.807) is 0 Å². The smallest absolute Gasteiger partial charge is 0.310 e. The summed E-state index contributed by atoms with van der Waals surface area (Å²) in [6.45, 7) is 0. The van der Waals surface area contributed by atoms with Crippen LogP contribution in [-0.2, 0) is 16.0 Å². The molecule has 1 rings (SSSR count). The largest absolute Gasteiger partial charge is 0.508 e. The number of phenolic OH excluding ortho intramolecular Hbond substituents is 1. The van der Waals surface area contributed by atoms with E-state index in [1.807, 2.05) is 0 Å². The summed E-state index contributed by atoms with van der Waals surface area (Å²) in [5.41, 5.74) is 0.513. The van der Waals surface area contributed by atoms with Crippen molar-refractivity contribution < 1.29 is 24.9 Å². The molecule has 5 heteroatoms. The standard InChI is InChI=1S/C10H12O5/c1-15-9(12)5-7-4-6(10(13)14)2-3-8(7)11/h2-4,10-11,13-14H,5H2,1H3. The first-order valence-corrected chi connectivity index (χ1v) is 4.29. The van der Waals surface area contributed by atoms with Gasteiger partial charge < -0.3 is 20.1 Å². The van der Waals surface area contributed by atoms with Gasteiger partial charge in [0.25, 0.3) is 0 Å². The van der Waals surface area contributed by atoms with Gasteiger partial charge in [-0.3, -0.25) is 4.79 Å². The highest BCUT2D eigenvalue weighted by atomic mass is 16.5. The highest BCUT2D eigenvalue weighted by Gasteiger charge is 2.11. The Morgan fingerprint density at radius 1 is 1.47 bits per heavy atom. The summed E-state index contributed by atoms with van der Waals surface area (Å²) in [6, 6.07) is 4.00. The van der Waals surface area contributed by atoms with Crippen molar-refractivity contribution in [1.82, 2.24) is 0 Å². The first-order valence-electron chi connectivity index (χ1n) is 4.29. The molecule has 5 nitrogen and oxygen atoms in total. The van der Waals surface area contributed by atoms with E-state index in [0.29, 0.717) is 5.56 Å². The third kappa shape index (κ3) is 2.93. The van der Waals surface area contributed by atoms with Crippen LogP contribution in [0.5, 0.6) is 5.75 Å². The second-order valence-electron chi connectivity index (χ2n) is 3.01. The molecule has 0 heterocycles. The minimum atomic E-state index is -1.62. The summed E-state index contributed by atoms with van der Waals surface area (Å²) in [5.74, 6) is -0.584. The number of hydrogen-bond donors (Lipinski definition) is 3. The highest BCUT2D eigenvalue weighted by Crippen LogP contribution is 2.22. The Morgan fingerprint density at radius 2 is 2.13 bits per heavy atom. The number of carbonyl (C=O) groups is 1. The lowest BCUT2D eigenvalue weighted by atomic mass is 10.1. The van der Waals surface area contributed by atoms with Gasteiger partial charge in [0.15, 0.2) is 6.29 Å². The molecule has 0 radical (unpaired) electrons. The lowest BCUT2D eigenvalue weighted by molar-refractivity contribution is -0.139. The fourth-order valence-corrected chi connectivity index (χ4v) is 1.14. The fourth-order valence-electron chi connectivity index (χ4n) is 1.14. The van der Waals surface area contributed by atoms with Crippen LogP contribution in [0.4, 0.5) is 0 Å². The number of ether oxygens (including phenoxy) is 1. The zero-order valence-electron chi connectivity index (χ0n) is 8.17. The number of rotatable bonds is 3. The fraction of sp³-hybridized carbons (Fsp3) is 0.300. The minimum absolute atomic E-state index is 0.0789. The molecule has 82 valence electrons. The Labute approximate surface area is 86.5 Å². The number of methoxy groups -OCH3 is 1. The predicted octanol–water partition coefficient (Wildman–Crippen LogP) is 0.0909. The van der Waals surface area contributed by atoms with E-state index in [-0.39, 0.29) is 17.7 Å². The molecule has 0 amide bonds. The van der Waals surface area contributed by atoms with Gasteiger partial charge in [-0.2, -0.15) is 0 Å². The maximum atomic E-state index is 11.0. The van der Waals surface area contributed by atoms with Gasteiger partial charge in [0, 0.05) is 11.1 Å². The number of phenols is 1. The van der Waals surface area contributed by atoms with Crippen LogP contribution in [0.1, 0.15) is 17.4 Å². The van der Waals surface area contributed by atoms with E-state index < -0.39 is 12.3 Å². The van der Waals surface area contributed by atoms with Gasteiger partial charge in [0.1, 0.15) is 5.75 Å². The molecule has 0 saturated carbocycles. The molecule has 3 N–H and O–H groups in total. The van der Waals surface area contributed by atoms with Gasteiger partial charge >= 0.3 is 5.97 Å². The second-order valence-corrected chi connectivity index (χ2v) is 3.01. The Balaban J connectivity index is 2.95. The normalized spacial score (nSPS) is 10.4. The molecule has 0 fully saturated rings. The van der Waals surface area contributed by atoms with E-state index in [4.69, 9.17) is 10.2 Å². The Kier molecular flexibility index (Phi) is 3.65. The lowest BCUT2D eigenvalue weighted by Gasteiger charge is -2.08. The van der Waals surface area contributed by atoms with E-state index in [1.165, 1.54) is 25.3 Å². The zero-order chi connectivity index (χ0) is 11.4. The molecule has 0 aliphatic carbocycles. The molecule has 0 saturated heterocycles. The average molecular weight is 212 g/mol. The molecular weight excluding hydrogens is 200 g/mol. The quantitative estimate of drug-likeness (QED) is 0.488. The van der Waals surface area contributed by atoms with Crippen LogP contribution in [-0.4, -0.2) is 28.4 Å². The van der Waals surface area contributed by atoms with Crippen molar-refractivity contribution in [2.75, 3.05) is 7.11 Å². The van der Waals surface area contributed by atoms with Crippen LogP contribution in [0, 0.1) is 0 Å². The molecule has 0 atom stereocenters. The predicted molar refractivity (Wildman–Crippen MR) is 51.0 cm³/mol. The first kappa shape index (κ1) is 11.5. The Morgan fingerprint density at radius 3 is 2.67 bits per heavy atom. The van der Waals surface area contributed by atoms with Crippen LogP contribution >= 0.6 is 0 Å². The average Bonchev–Trinajstić information content (AvgIpc) is 2.20. The van der Waals surface area contributed by atoms with Crippen molar-refractivity contribution in [2.45, 2.75) is 12.7 Å². The van der Waals surface area contributed by atoms with Crippen molar-refractivity contribution in [2.24, 2.45) is 0 Å². The molecule has 1 aromatic rings. The third-order valence-electron chi connectivity index (χ3n) is 1.96. The van der Waals surface area contributed by atoms with Crippen molar-refractivity contribution in [3.05, 3.63) is 29.3 Å². The molecule has 0 bridgehead atoms. The summed E-state index contributed by atoms with van der Waals surface area (Å²) in [4.78, 5) is 11.0. The van der Waals surface area contributed by atoms with E-state index in [2.05, 4.69) is 4.74 Å². The van der Waals surface area contributed by atoms with Crippen molar-refractivity contribution in [3.63, 3.8) is 0 Å². The molecule has 15 heavy (non-hydrogen) atoms. The van der Waals surface area contributed by atoms with Gasteiger partial charge in [0.2, 0.25) is 0 Å². The lowest BCUT2D eigenvalue weighted by Crippen LogP contribution is -2.05. The van der Waals surface area contributed by atoms with Crippen LogP contribution in [0.3, 0.4) is 0 Å². The Hall–Kier alpha value is -1.59. The number of esters is 1. The summed E-state index contributed by atoms with van der Waals surface area (Å²) in [7, 11) is 1.24. The first-order chi connectivity index (χ1) is 7.04. The highest BCUT2D eigenvalue weighted by molar-refractivity contribution is 5.73. The number of carbonyl (C=O) groups excluding carboxylic acids is 1. The van der Waals surface area contributed by atoms with E-state index in [9.17, 15) is 9.90 Å². The van der Waals surface area contributed by atoms with Crippen molar-refractivity contribution in [1.29, 1.82) is 0 Å². The number of aliphatic hydroxyl groups is 2. The van der Waals surface area contributed by atoms with Crippen molar-refractivity contribution >= 4 is 5.97 Å². The molecule has 1 aromatic carbocycles. The van der Waals surface area contributed by atoms with E-state index >= 15 is 0 Å². The van der Waals surface area contributed by atoms with Gasteiger partial charge in [0.05, 0.1) is 13.5 Å². The topological polar surface area (TPSA) is 87.0 Å². The molecule has 0 aliphatic heterocycles.